The van der Waals surface area contributed by atoms with Gasteiger partial charge in [-0.2, -0.15) is 24.9 Å². The van der Waals surface area contributed by atoms with Crippen molar-refractivity contribution < 1.29 is 45.8 Å². The number of primary amides is 1. The Kier molecular flexibility index (Phi) is 11.9. The largest absolute Gasteiger partial charge is 0.490 e. The lowest BCUT2D eigenvalue weighted by Crippen LogP contribution is -2.64. The van der Waals surface area contributed by atoms with E-state index in [1.165, 1.54) is 0 Å². The molecule has 9 nitrogen and oxygen atoms in total. The number of amides is 1. The number of halogens is 3. The number of carboxylic acids is 1. The van der Waals surface area contributed by atoms with Gasteiger partial charge in [0.25, 0.3) is 0 Å². The van der Waals surface area contributed by atoms with Gasteiger partial charge in [-0.25, -0.2) is 18.0 Å². The Labute approximate surface area is 183 Å². The summed E-state index contributed by atoms with van der Waals surface area (Å²) in [5, 5.41) is 6.49. The Hall–Kier alpha value is -1.54. The van der Waals surface area contributed by atoms with Crippen LogP contribution in [-0.2, 0) is 29.0 Å². The molecule has 14 heteroatoms. The van der Waals surface area contributed by atoms with E-state index in [4.69, 9.17) is 26.1 Å². The van der Waals surface area contributed by atoms with Crippen LogP contribution >= 0.6 is 11.8 Å². The summed E-state index contributed by atoms with van der Waals surface area (Å²) in [6, 6.07) is 0. The second-order valence-corrected chi connectivity index (χ2v) is 10.5. The van der Waals surface area contributed by atoms with Crippen molar-refractivity contribution in [1.29, 1.82) is 0 Å². The van der Waals surface area contributed by atoms with Crippen molar-refractivity contribution in [3.05, 3.63) is 0 Å². The van der Waals surface area contributed by atoms with Crippen LogP contribution in [0.2, 0.25) is 0 Å². The summed E-state index contributed by atoms with van der Waals surface area (Å²) in [5.74, 6) is -4.32. The zero-order valence-corrected chi connectivity index (χ0v) is 18.9. The van der Waals surface area contributed by atoms with Crippen LogP contribution in [0.5, 0.6) is 0 Å². The average Bonchev–Trinajstić information content (AvgIpc) is 3.13. The Bertz CT molecular complexity index is 720. The first-order chi connectivity index (χ1) is 14.1. The highest BCUT2D eigenvalue weighted by molar-refractivity contribution is 7.99. The highest BCUT2D eigenvalue weighted by Crippen LogP contribution is 2.24. The maximum absolute atomic E-state index is 12.7. The number of sulfone groups is 1. The van der Waals surface area contributed by atoms with Gasteiger partial charge in [0.05, 0.1) is 11.0 Å². The smallest absolute Gasteiger partial charge is 0.475 e. The Morgan fingerprint density at radius 1 is 1.19 bits per heavy atom. The average molecular weight is 495 g/mol. The third-order valence-corrected chi connectivity index (χ3v) is 7.84. The second kappa shape index (κ2) is 12.5. The number of thioether (sulfide) groups is 1. The molecule has 1 amide bonds. The molecule has 0 spiro atoms. The van der Waals surface area contributed by atoms with Crippen LogP contribution in [0.1, 0.15) is 46.0 Å². The van der Waals surface area contributed by atoms with Gasteiger partial charge in [0, 0.05) is 5.75 Å². The summed E-state index contributed by atoms with van der Waals surface area (Å²) in [4.78, 5) is 33.0. The van der Waals surface area contributed by atoms with Crippen molar-refractivity contribution in [2.24, 2.45) is 11.5 Å². The molecule has 0 aromatic rings. The van der Waals surface area contributed by atoms with E-state index in [2.05, 4.69) is 0 Å². The topological polar surface area (TPSA) is 167 Å². The minimum Gasteiger partial charge on any atom is -0.475 e. The van der Waals surface area contributed by atoms with Crippen LogP contribution in [0.3, 0.4) is 0 Å². The Morgan fingerprint density at radius 3 is 2.00 bits per heavy atom. The first-order valence-corrected chi connectivity index (χ1v) is 12.4. The van der Waals surface area contributed by atoms with Gasteiger partial charge < -0.3 is 21.3 Å². The standard InChI is InChI=1S/C15H28N2O5S2.C2HF3O2/c1-3-5-12(6-4-2)24(20,21)10-15(17,13(16)18)14(19)22-11-7-8-23-9-11;3-2(4,5)1(6)7/h11-12H,3-10,17H2,1-2H3,(H2,16,18);(H,6,7)/t11-,15-;/m0./s1. The van der Waals surface area contributed by atoms with Gasteiger partial charge in [-0.1, -0.05) is 26.7 Å². The predicted molar refractivity (Wildman–Crippen MR) is 109 cm³/mol. The maximum Gasteiger partial charge on any atom is 0.490 e. The van der Waals surface area contributed by atoms with Crippen LogP contribution < -0.4 is 11.5 Å². The highest BCUT2D eigenvalue weighted by Gasteiger charge is 2.48. The number of carboxylic acid groups (broad SMARTS) is 1. The zero-order valence-electron chi connectivity index (χ0n) is 17.3. The molecule has 0 aromatic heterocycles. The number of alkyl halides is 3. The van der Waals surface area contributed by atoms with E-state index in [1.807, 2.05) is 13.8 Å². The number of ether oxygens (including phenoxy) is 1. The van der Waals surface area contributed by atoms with Crippen LogP contribution in [0.15, 0.2) is 0 Å². The van der Waals surface area contributed by atoms with Gasteiger partial charge in [-0.3, -0.25) is 4.79 Å². The molecule has 1 aliphatic heterocycles. The molecule has 0 aliphatic carbocycles. The number of carbonyl (C=O) groups excluding carboxylic acids is 2. The van der Waals surface area contributed by atoms with Crippen molar-refractivity contribution in [3.8, 4) is 0 Å². The summed E-state index contributed by atoms with van der Waals surface area (Å²) in [7, 11) is -3.76. The van der Waals surface area contributed by atoms with Crippen molar-refractivity contribution in [2.45, 2.75) is 69.0 Å². The molecule has 5 N–H and O–H groups in total. The fourth-order valence-electron chi connectivity index (χ4n) is 2.68. The zero-order chi connectivity index (χ0) is 24.5. The summed E-state index contributed by atoms with van der Waals surface area (Å²) in [6.45, 7) is 3.77. The van der Waals surface area contributed by atoms with Gasteiger partial charge in [0.15, 0.2) is 9.84 Å². The van der Waals surface area contributed by atoms with E-state index >= 15 is 0 Å². The van der Waals surface area contributed by atoms with E-state index in [-0.39, 0.29) is 6.10 Å². The maximum atomic E-state index is 12.7. The molecule has 1 fully saturated rings. The lowest BCUT2D eigenvalue weighted by molar-refractivity contribution is -0.192. The SMILES string of the molecule is CCCC(CCC)S(=O)(=O)C[C@](N)(C(N)=O)C(=O)O[C@H]1CCSC1.O=C(O)C(F)(F)F. The molecule has 1 saturated heterocycles. The number of rotatable bonds is 10. The third kappa shape index (κ3) is 9.64. The van der Waals surface area contributed by atoms with Crippen molar-refractivity contribution in [2.75, 3.05) is 17.3 Å². The third-order valence-electron chi connectivity index (χ3n) is 4.37. The first-order valence-electron chi connectivity index (χ1n) is 9.51. The highest BCUT2D eigenvalue weighted by atomic mass is 32.2. The van der Waals surface area contributed by atoms with Gasteiger partial charge in [0.1, 0.15) is 6.10 Å². The summed E-state index contributed by atoms with van der Waals surface area (Å²) >= 11 is 1.62. The first kappa shape index (κ1) is 29.5. The van der Waals surface area contributed by atoms with Gasteiger partial charge in [0.2, 0.25) is 11.4 Å². The normalized spacial score (nSPS) is 18.6. The summed E-state index contributed by atoms with van der Waals surface area (Å²) in [5.41, 5.74) is 8.77. The van der Waals surface area contributed by atoms with E-state index in [0.29, 0.717) is 37.9 Å². The van der Waals surface area contributed by atoms with Crippen LogP contribution in [0.4, 0.5) is 13.2 Å². The van der Waals surface area contributed by atoms with Crippen LogP contribution in [0, 0.1) is 0 Å². The molecular formula is C17H29F3N2O7S2. The summed E-state index contributed by atoms with van der Waals surface area (Å²) < 4.78 is 62.3. The molecule has 31 heavy (non-hydrogen) atoms. The second-order valence-electron chi connectivity index (χ2n) is 7.04. The number of hydrogen-bond donors (Lipinski definition) is 3. The van der Waals surface area contributed by atoms with Gasteiger partial charge >= 0.3 is 18.1 Å². The van der Waals surface area contributed by atoms with E-state index in [1.54, 1.807) is 11.8 Å². The number of aliphatic carboxylic acids is 1. The fourth-order valence-corrected chi connectivity index (χ4v) is 6.09. The molecule has 2 atom stereocenters. The van der Waals surface area contributed by atoms with Crippen molar-refractivity contribution in [3.63, 3.8) is 0 Å². The van der Waals surface area contributed by atoms with Crippen molar-refractivity contribution in [1.82, 2.24) is 0 Å². The Balaban J connectivity index is 0.00000110. The van der Waals surface area contributed by atoms with Gasteiger partial charge in [-0.05, 0) is 25.0 Å². The molecule has 1 aliphatic rings. The molecule has 1 heterocycles. The molecule has 0 bridgehead atoms. The molecular weight excluding hydrogens is 465 g/mol. The monoisotopic (exact) mass is 494 g/mol. The Morgan fingerprint density at radius 2 is 1.68 bits per heavy atom. The molecule has 1 rings (SSSR count). The van der Waals surface area contributed by atoms with E-state index in [9.17, 15) is 31.2 Å². The van der Waals surface area contributed by atoms with E-state index in [0.717, 1.165) is 5.75 Å². The van der Waals surface area contributed by atoms with Crippen LogP contribution in [0.25, 0.3) is 0 Å². The lowest BCUT2D eigenvalue weighted by atomic mass is 10.0. The summed E-state index contributed by atoms with van der Waals surface area (Å²) in [6.07, 6.45) is -2.50. The molecule has 0 saturated carbocycles. The minimum absolute atomic E-state index is 0.352. The molecule has 0 radical (unpaired) electrons. The number of hydrogen-bond acceptors (Lipinski definition) is 8. The number of esters is 1. The fraction of sp³-hybridized carbons (Fsp3) is 0.824. The van der Waals surface area contributed by atoms with Crippen LogP contribution in [-0.4, -0.2) is 71.7 Å². The van der Waals surface area contributed by atoms with E-state index < -0.39 is 50.4 Å². The minimum atomic E-state index is -5.08. The molecule has 182 valence electrons. The number of carbonyl (C=O) groups is 3. The quantitative estimate of drug-likeness (QED) is 0.299. The van der Waals surface area contributed by atoms with Crippen molar-refractivity contribution >= 4 is 39.4 Å². The predicted octanol–water partition coefficient (Wildman–Crippen LogP) is 1.23. The lowest BCUT2D eigenvalue weighted by Gasteiger charge is -2.27. The number of nitrogens with two attached hydrogens (primary N) is 2. The molecule has 0 unspecified atom stereocenters. The van der Waals surface area contributed by atoms with Gasteiger partial charge in [-0.15, -0.1) is 0 Å². The molecule has 0 aromatic carbocycles.